The van der Waals surface area contributed by atoms with Gasteiger partial charge in [-0.15, -0.1) is 0 Å². The molecule has 1 aliphatic carbocycles. The molecule has 0 spiro atoms. The van der Waals surface area contributed by atoms with Gasteiger partial charge >= 0.3 is 0 Å². The van der Waals surface area contributed by atoms with E-state index in [2.05, 4.69) is 10.3 Å². The van der Waals surface area contributed by atoms with Crippen LogP contribution < -0.4 is 10.1 Å². The standard InChI is InChI=1S/C28H30ClN3O3/c1-35-24-11-7-8-20(18-24)19-32(28(34)25-12-5-6-17-30-25)26(21-13-15-22(29)16-14-21)27(33)31-23-9-3-2-4-10-23/h5-8,11-18,23,26H,2-4,9-10,19H2,1H3,(H,31,33)/t26-/m0/s1. The summed E-state index contributed by atoms with van der Waals surface area (Å²) in [6.45, 7) is 0.206. The lowest BCUT2D eigenvalue weighted by atomic mass is 9.94. The number of methoxy groups -OCH3 is 1. The lowest BCUT2D eigenvalue weighted by Gasteiger charge is -2.33. The highest BCUT2D eigenvalue weighted by atomic mass is 35.5. The van der Waals surface area contributed by atoms with Crippen LogP contribution in [0.25, 0.3) is 0 Å². The summed E-state index contributed by atoms with van der Waals surface area (Å²) in [5.41, 5.74) is 1.81. The zero-order valence-electron chi connectivity index (χ0n) is 19.8. The van der Waals surface area contributed by atoms with E-state index in [1.165, 1.54) is 6.42 Å². The molecule has 1 heterocycles. The summed E-state index contributed by atoms with van der Waals surface area (Å²) in [4.78, 5) is 33.5. The Kier molecular flexibility index (Phi) is 8.37. The molecule has 0 unspecified atom stereocenters. The third kappa shape index (κ3) is 6.40. The molecule has 7 heteroatoms. The summed E-state index contributed by atoms with van der Waals surface area (Å²) in [5, 5.41) is 3.78. The largest absolute Gasteiger partial charge is 0.497 e. The van der Waals surface area contributed by atoms with E-state index in [0.717, 1.165) is 31.2 Å². The predicted octanol–water partition coefficient (Wildman–Crippen LogP) is 5.58. The van der Waals surface area contributed by atoms with E-state index in [0.29, 0.717) is 16.3 Å². The van der Waals surface area contributed by atoms with E-state index in [-0.39, 0.29) is 30.1 Å². The minimum absolute atomic E-state index is 0.106. The van der Waals surface area contributed by atoms with E-state index >= 15 is 0 Å². The van der Waals surface area contributed by atoms with Gasteiger partial charge in [-0.1, -0.05) is 61.2 Å². The van der Waals surface area contributed by atoms with Gasteiger partial charge in [-0.2, -0.15) is 0 Å². The molecule has 0 radical (unpaired) electrons. The van der Waals surface area contributed by atoms with Gasteiger partial charge in [0.15, 0.2) is 0 Å². The molecule has 1 aromatic heterocycles. The van der Waals surface area contributed by atoms with Crippen molar-refractivity contribution in [3.63, 3.8) is 0 Å². The maximum atomic E-state index is 13.8. The second-order valence-electron chi connectivity index (χ2n) is 8.80. The Hall–Kier alpha value is -3.38. The molecule has 0 bridgehead atoms. The number of benzene rings is 2. The molecule has 0 aliphatic heterocycles. The van der Waals surface area contributed by atoms with Gasteiger partial charge in [0.05, 0.1) is 7.11 Å². The van der Waals surface area contributed by atoms with Crippen molar-refractivity contribution in [3.05, 3.63) is 94.8 Å². The van der Waals surface area contributed by atoms with Gasteiger partial charge in [0, 0.05) is 23.8 Å². The fourth-order valence-corrected chi connectivity index (χ4v) is 4.66. The Morgan fingerprint density at radius 3 is 2.51 bits per heavy atom. The highest BCUT2D eigenvalue weighted by Gasteiger charge is 2.34. The van der Waals surface area contributed by atoms with Crippen LogP contribution in [-0.2, 0) is 11.3 Å². The summed E-state index contributed by atoms with van der Waals surface area (Å²) in [5.74, 6) is 0.154. The highest BCUT2D eigenvalue weighted by Crippen LogP contribution is 2.28. The Morgan fingerprint density at radius 2 is 1.83 bits per heavy atom. The number of rotatable bonds is 8. The van der Waals surface area contributed by atoms with Crippen molar-refractivity contribution in [1.29, 1.82) is 0 Å². The topological polar surface area (TPSA) is 71.5 Å². The fourth-order valence-electron chi connectivity index (χ4n) is 4.53. The molecule has 2 amide bonds. The molecule has 6 nitrogen and oxygen atoms in total. The first-order valence-electron chi connectivity index (χ1n) is 12.0. The van der Waals surface area contributed by atoms with Crippen LogP contribution in [0.3, 0.4) is 0 Å². The SMILES string of the molecule is COc1cccc(CN(C(=O)c2ccccn2)[C@H](C(=O)NC2CCCCC2)c2ccc(Cl)cc2)c1. The second kappa shape index (κ2) is 11.8. The van der Waals surface area contributed by atoms with Crippen molar-refractivity contribution in [1.82, 2.24) is 15.2 Å². The molecule has 1 saturated carbocycles. The van der Waals surface area contributed by atoms with Crippen LogP contribution in [-0.4, -0.2) is 34.8 Å². The number of hydrogen-bond acceptors (Lipinski definition) is 4. The average molecular weight is 492 g/mol. The van der Waals surface area contributed by atoms with Gasteiger partial charge in [-0.3, -0.25) is 14.6 Å². The van der Waals surface area contributed by atoms with Crippen LogP contribution in [0.2, 0.25) is 5.02 Å². The monoisotopic (exact) mass is 491 g/mol. The summed E-state index contributed by atoms with van der Waals surface area (Å²) < 4.78 is 5.38. The van der Waals surface area contributed by atoms with Crippen LogP contribution >= 0.6 is 11.6 Å². The summed E-state index contributed by atoms with van der Waals surface area (Å²) in [7, 11) is 1.60. The highest BCUT2D eigenvalue weighted by molar-refractivity contribution is 6.30. The molecule has 35 heavy (non-hydrogen) atoms. The van der Waals surface area contributed by atoms with Crippen LogP contribution in [0.5, 0.6) is 5.75 Å². The first-order chi connectivity index (χ1) is 17.0. The third-order valence-corrected chi connectivity index (χ3v) is 6.58. The van der Waals surface area contributed by atoms with Crippen LogP contribution in [0.4, 0.5) is 0 Å². The molecular formula is C28H30ClN3O3. The molecule has 4 rings (SSSR count). The quantitative estimate of drug-likeness (QED) is 0.446. The number of pyridine rings is 1. The van der Waals surface area contributed by atoms with Crippen LogP contribution in [0.15, 0.2) is 72.9 Å². The van der Waals surface area contributed by atoms with Gasteiger partial charge < -0.3 is 15.0 Å². The van der Waals surface area contributed by atoms with Crippen LogP contribution in [0.1, 0.15) is 59.8 Å². The third-order valence-electron chi connectivity index (χ3n) is 6.33. The number of hydrogen-bond donors (Lipinski definition) is 1. The summed E-state index contributed by atoms with van der Waals surface area (Å²) in [6.07, 6.45) is 6.85. The number of nitrogens with zero attached hydrogens (tertiary/aromatic N) is 2. The van der Waals surface area contributed by atoms with Gasteiger partial charge in [-0.05, 0) is 60.4 Å². The fraction of sp³-hybridized carbons (Fsp3) is 0.321. The van der Waals surface area contributed by atoms with Gasteiger partial charge in [0.1, 0.15) is 17.5 Å². The van der Waals surface area contributed by atoms with E-state index in [1.807, 2.05) is 24.3 Å². The van der Waals surface area contributed by atoms with E-state index < -0.39 is 6.04 Å². The van der Waals surface area contributed by atoms with Gasteiger partial charge in [-0.25, -0.2) is 0 Å². The molecule has 1 atom stereocenters. The molecular weight excluding hydrogens is 462 g/mol. The summed E-state index contributed by atoms with van der Waals surface area (Å²) in [6, 6.07) is 19.0. The average Bonchev–Trinajstić information content (AvgIpc) is 2.90. The Labute approximate surface area is 211 Å². The lowest BCUT2D eigenvalue weighted by Crippen LogP contribution is -2.47. The maximum absolute atomic E-state index is 13.8. The number of halogens is 1. The van der Waals surface area contributed by atoms with E-state index in [1.54, 1.807) is 60.7 Å². The minimum Gasteiger partial charge on any atom is -0.497 e. The van der Waals surface area contributed by atoms with Gasteiger partial charge in [0.25, 0.3) is 5.91 Å². The van der Waals surface area contributed by atoms with Crippen molar-refractivity contribution in [2.24, 2.45) is 0 Å². The molecule has 182 valence electrons. The Bertz CT molecular complexity index is 1130. The second-order valence-corrected chi connectivity index (χ2v) is 9.23. The molecule has 1 aliphatic rings. The number of aromatic nitrogens is 1. The number of carbonyl (C=O) groups is 2. The molecule has 3 aromatic rings. The lowest BCUT2D eigenvalue weighted by molar-refractivity contribution is -0.127. The van der Waals surface area contributed by atoms with Crippen molar-refractivity contribution in [3.8, 4) is 5.75 Å². The van der Waals surface area contributed by atoms with Crippen molar-refractivity contribution in [2.75, 3.05) is 7.11 Å². The van der Waals surface area contributed by atoms with E-state index in [4.69, 9.17) is 16.3 Å². The molecule has 2 aromatic carbocycles. The van der Waals surface area contributed by atoms with E-state index in [9.17, 15) is 9.59 Å². The normalized spacial score (nSPS) is 14.7. The minimum atomic E-state index is -0.852. The zero-order valence-corrected chi connectivity index (χ0v) is 20.6. The zero-order chi connectivity index (χ0) is 24.6. The predicted molar refractivity (Wildman–Crippen MR) is 136 cm³/mol. The number of amides is 2. The van der Waals surface area contributed by atoms with Crippen molar-refractivity contribution < 1.29 is 14.3 Å². The number of carbonyl (C=O) groups excluding carboxylic acids is 2. The Balaban J connectivity index is 1.74. The molecule has 1 fully saturated rings. The summed E-state index contributed by atoms with van der Waals surface area (Å²) >= 11 is 6.15. The molecule has 1 N–H and O–H groups in total. The number of ether oxygens (including phenoxy) is 1. The smallest absolute Gasteiger partial charge is 0.273 e. The molecule has 0 saturated heterocycles. The van der Waals surface area contributed by atoms with Crippen LogP contribution in [0, 0.1) is 0 Å². The maximum Gasteiger partial charge on any atom is 0.273 e. The van der Waals surface area contributed by atoms with Crippen molar-refractivity contribution >= 4 is 23.4 Å². The number of nitrogens with one attached hydrogen (secondary N) is 1. The van der Waals surface area contributed by atoms with Crippen molar-refractivity contribution in [2.45, 2.75) is 50.7 Å². The Morgan fingerprint density at radius 1 is 1.06 bits per heavy atom. The van der Waals surface area contributed by atoms with Gasteiger partial charge in [0.2, 0.25) is 5.91 Å². The first-order valence-corrected chi connectivity index (χ1v) is 12.3. The first kappa shape index (κ1) is 24.7.